The molecule has 0 fully saturated rings. The first-order valence-electron chi connectivity index (χ1n) is 16.6. The molecule has 2 heterocycles. The van der Waals surface area contributed by atoms with Crippen LogP contribution < -0.4 is 0 Å². The summed E-state index contributed by atoms with van der Waals surface area (Å²) in [6, 6.07) is 48.0. The van der Waals surface area contributed by atoms with Crippen LogP contribution in [0.25, 0.3) is 22.5 Å². The third-order valence-electron chi connectivity index (χ3n) is 9.12. The number of hydrogen-bond donors (Lipinski definition) is 1. The molecule has 7 aromatic rings. The Labute approximate surface area is 291 Å². The first-order valence-corrected chi connectivity index (χ1v) is 17.0. The molecule has 0 bridgehead atoms. The number of aliphatic hydroxyl groups is 1. The fourth-order valence-electron chi connectivity index (χ4n) is 6.78. The molecule has 7 rings (SSSR count). The molecule has 244 valence electrons. The van der Waals surface area contributed by atoms with Gasteiger partial charge in [-0.2, -0.15) is 0 Å². The van der Waals surface area contributed by atoms with Gasteiger partial charge in [-0.25, -0.2) is 9.67 Å². The second-order valence-electron chi connectivity index (χ2n) is 12.1. The van der Waals surface area contributed by atoms with Crippen molar-refractivity contribution in [2.75, 3.05) is 0 Å². The summed E-state index contributed by atoms with van der Waals surface area (Å²) < 4.78 is 4.02. The second-order valence-corrected chi connectivity index (χ2v) is 12.4. The lowest BCUT2D eigenvalue weighted by molar-refractivity contribution is 0.271. The average molecular weight is 665 g/mol. The number of imidazole rings is 1. The van der Waals surface area contributed by atoms with Gasteiger partial charge >= 0.3 is 0 Å². The van der Waals surface area contributed by atoms with Crippen molar-refractivity contribution in [3.63, 3.8) is 0 Å². The van der Waals surface area contributed by atoms with Crippen LogP contribution in [0.2, 0.25) is 5.15 Å². The summed E-state index contributed by atoms with van der Waals surface area (Å²) in [6.07, 6.45) is 2.78. The number of benzene rings is 5. The number of unbranched alkanes of at least 4 members (excludes halogenated alkanes) is 1. The molecular weight excluding hydrogens is 628 g/mol. The Morgan fingerprint density at radius 2 is 1.29 bits per heavy atom. The van der Waals surface area contributed by atoms with Gasteiger partial charge in [-0.3, -0.25) is 0 Å². The van der Waals surface area contributed by atoms with E-state index in [9.17, 15) is 5.11 Å². The Morgan fingerprint density at radius 1 is 0.714 bits per heavy atom. The van der Waals surface area contributed by atoms with E-state index < -0.39 is 5.54 Å². The van der Waals surface area contributed by atoms with Gasteiger partial charge in [-0.15, -0.1) is 5.10 Å². The molecule has 0 radical (unpaired) electrons. The molecule has 0 aliphatic carbocycles. The number of tetrazole rings is 1. The van der Waals surface area contributed by atoms with E-state index >= 15 is 0 Å². The Morgan fingerprint density at radius 3 is 1.84 bits per heavy atom. The molecule has 0 unspecified atom stereocenters. The quantitative estimate of drug-likeness (QED) is 0.132. The van der Waals surface area contributed by atoms with Gasteiger partial charge in [-0.05, 0) is 56.3 Å². The van der Waals surface area contributed by atoms with Crippen molar-refractivity contribution in [1.29, 1.82) is 0 Å². The molecule has 7 nitrogen and oxygen atoms in total. The number of rotatable bonds is 12. The van der Waals surface area contributed by atoms with Crippen LogP contribution in [-0.2, 0) is 25.1 Å². The summed E-state index contributed by atoms with van der Waals surface area (Å²) >= 11 is 6.54. The highest BCUT2D eigenvalue weighted by Gasteiger charge is 2.42. The molecule has 0 saturated carbocycles. The van der Waals surface area contributed by atoms with Crippen molar-refractivity contribution in [2.24, 2.45) is 0 Å². The standard InChI is InChI=1S/C41H37ClN6O/c1-2-3-24-38-43-39(42)37(29-49)47(38)28-30-25-26-35(31-16-8-4-9-17-31)36(27-30)40-44-45-46-48(40)41(32-18-10-5-11-19-32,33-20-12-6-13-21-33)34-22-14-7-15-23-34/h4-23,25-27,49H,2-3,24,28-29H2,1H3. The van der Waals surface area contributed by atoms with E-state index in [0.717, 1.165) is 64.0 Å². The van der Waals surface area contributed by atoms with Crippen molar-refractivity contribution in [3.8, 4) is 22.5 Å². The van der Waals surface area contributed by atoms with E-state index in [1.165, 1.54) is 0 Å². The maximum absolute atomic E-state index is 10.3. The number of hydrogen-bond acceptors (Lipinski definition) is 5. The van der Waals surface area contributed by atoms with E-state index in [2.05, 4.69) is 120 Å². The number of aliphatic hydroxyl groups excluding tert-OH is 1. The first-order chi connectivity index (χ1) is 24.1. The van der Waals surface area contributed by atoms with Crippen LogP contribution in [0.15, 0.2) is 140 Å². The Hall–Kier alpha value is -5.37. The Bertz CT molecular complexity index is 2030. The molecule has 5 aromatic carbocycles. The van der Waals surface area contributed by atoms with E-state index in [-0.39, 0.29) is 6.61 Å². The van der Waals surface area contributed by atoms with Crippen LogP contribution >= 0.6 is 11.6 Å². The number of aryl methyl sites for hydroxylation is 1. The third-order valence-corrected chi connectivity index (χ3v) is 9.42. The molecular formula is C41H37ClN6O. The SMILES string of the molecule is CCCCc1nc(Cl)c(CO)n1Cc1ccc(-c2ccccc2)c(-c2nnnn2C(c2ccccc2)(c2ccccc2)c2ccccc2)c1. The predicted molar refractivity (Wildman–Crippen MR) is 194 cm³/mol. The maximum atomic E-state index is 10.3. The summed E-state index contributed by atoms with van der Waals surface area (Å²) in [4.78, 5) is 4.63. The Balaban J connectivity index is 1.48. The van der Waals surface area contributed by atoms with Crippen LogP contribution in [-0.4, -0.2) is 34.9 Å². The highest BCUT2D eigenvalue weighted by atomic mass is 35.5. The van der Waals surface area contributed by atoms with Gasteiger partial charge in [0.15, 0.2) is 11.0 Å². The molecule has 0 aliphatic heterocycles. The van der Waals surface area contributed by atoms with Gasteiger partial charge in [0.2, 0.25) is 0 Å². The molecule has 2 aromatic heterocycles. The van der Waals surface area contributed by atoms with E-state index in [4.69, 9.17) is 21.9 Å². The predicted octanol–water partition coefficient (Wildman–Crippen LogP) is 8.58. The number of halogens is 1. The monoisotopic (exact) mass is 664 g/mol. The van der Waals surface area contributed by atoms with E-state index in [0.29, 0.717) is 23.2 Å². The average Bonchev–Trinajstić information content (AvgIpc) is 3.77. The van der Waals surface area contributed by atoms with Crippen LogP contribution in [0, 0.1) is 0 Å². The van der Waals surface area contributed by atoms with Gasteiger partial charge in [-0.1, -0.05) is 158 Å². The molecule has 0 atom stereocenters. The summed E-state index contributed by atoms with van der Waals surface area (Å²) in [6.45, 7) is 2.44. The summed E-state index contributed by atoms with van der Waals surface area (Å²) in [5.74, 6) is 1.49. The Kier molecular flexibility index (Phi) is 9.46. The number of nitrogens with zero attached hydrogens (tertiary/aromatic N) is 6. The zero-order valence-corrected chi connectivity index (χ0v) is 28.1. The van der Waals surface area contributed by atoms with Gasteiger partial charge in [0, 0.05) is 18.5 Å². The summed E-state index contributed by atoms with van der Waals surface area (Å²) in [5.41, 5.74) is 6.74. The highest BCUT2D eigenvalue weighted by Crippen LogP contribution is 2.43. The van der Waals surface area contributed by atoms with Crippen LogP contribution in [0.3, 0.4) is 0 Å². The lowest BCUT2D eigenvalue weighted by Gasteiger charge is -2.36. The molecule has 0 amide bonds. The maximum Gasteiger partial charge on any atom is 0.184 e. The van der Waals surface area contributed by atoms with Crippen LogP contribution in [0.1, 0.15) is 53.5 Å². The zero-order chi connectivity index (χ0) is 33.6. The van der Waals surface area contributed by atoms with Crippen molar-refractivity contribution in [2.45, 2.75) is 44.9 Å². The smallest absolute Gasteiger partial charge is 0.184 e. The van der Waals surface area contributed by atoms with Crippen molar-refractivity contribution >= 4 is 11.6 Å². The van der Waals surface area contributed by atoms with Gasteiger partial charge in [0.05, 0.1) is 12.3 Å². The third kappa shape index (κ3) is 6.07. The van der Waals surface area contributed by atoms with Gasteiger partial charge < -0.3 is 9.67 Å². The summed E-state index contributed by atoms with van der Waals surface area (Å²) in [7, 11) is 0. The van der Waals surface area contributed by atoms with E-state index in [1.54, 1.807) is 0 Å². The molecule has 49 heavy (non-hydrogen) atoms. The minimum atomic E-state index is -0.901. The van der Waals surface area contributed by atoms with E-state index in [1.807, 2.05) is 45.6 Å². The largest absolute Gasteiger partial charge is 0.390 e. The molecule has 8 heteroatoms. The zero-order valence-electron chi connectivity index (χ0n) is 27.3. The van der Waals surface area contributed by atoms with Crippen LogP contribution in [0.4, 0.5) is 0 Å². The van der Waals surface area contributed by atoms with Crippen molar-refractivity contribution < 1.29 is 5.11 Å². The fraction of sp³-hybridized carbons (Fsp3) is 0.171. The lowest BCUT2D eigenvalue weighted by atomic mass is 9.77. The summed E-state index contributed by atoms with van der Waals surface area (Å²) in [5, 5.41) is 24.6. The van der Waals surface area contributed by atoms with Gasteiger partial charge in [0.1, 0.15) is 11.4 Å². The second kappa shape index (κ2) is 14.4. The first kappa shape index (κ1) is 32.2. The molecule has 0 spiro atoms. The van der Waals surface area contributed by atoms with Crippen LogP contribution in [0.5, 0.6) is 0 Å². The molecule has 0 aliphatic rings. The van der Waals surface area contributed by atoms with Crippen molar-refractivity contribution in [3.05, 3.63) is 178 Å². The number of aromatic nitrogens is 6. The minimum Gasteiger partial charge on any atom is -0.390 e. The van der Waals surface area contributed by atoms with Crippen molar-refractivity contribution in [1.82, 2.24) is 29.8 Å². The molecule has 0 saturated heterocycles. The minimum absolute atomic E-state index is 0.196. The topological polar surface area (TPSA) is 81.7 Å². The normalized spacial score (nSPS) is 11.6. The highest BCUT2D eigenvalue weighted by molar-refractivity contribution is 6.30. The lowest BCUT2D eigenvalue weighted by Crippen LogP contribution is -2.39. The fourth-order valence-corrected chi connectivity index (χ4v) is 7.04. The van der Waals surface area contributed by atoms with Gasteiger partial charge in [0.25, 0.3) is 0 Å². The molecule has 1 N–H and O–H groups in total.